The lowest BCUT2D eigenvalue weighted by Crippen LogP contribution is -2.48. The highest BCUT2D eigenvalue weighted by atomic mass is 35.5. The number of aryl methyl sites for hydroxylation is 1. The minimum atomic E-state index is -0.640. The fraction of sp³-hybridized carbons (Fsp3) is 0.300. The van der Waals surface area contributed by atoms with Crippen molar-refractivity contribution in [2.45, 2.75) is 19.1 Å². The summed E-state index contributed by atoms with van der Waals surface area (Å²) in [7, 11) is 1.66. The molecular weight excluding hydrogens is 555 g/mol. The highest BCUT2D eigenvalue weighted by Crippen LogP contribution is 2.30. The summed E-state index contributed by atoms with van der Waals surface area (Å²) in [6.45, 7) is 6.24. The van der Waals surface area contributed by atoms with Crippen LogP contribution in [-0.2, 0) is 0 Å². The number of imidazole rings is 1. The molecule has 0 radical (unpaired) electrons. The van der Waals surface area contributed by atoms with Crippen LogP contribution in [-0.4, -0.2) is 64.7 Å². The summed E-state index contributed by atoms with van der Waals surface area (Å²) in [6.07, 6.45) is -0.640. The molecule has 210 valence electrons. The Balaban J connectivity index is 0.00000178. The summed E-state index contributed by atoms with van der Waals surface area (Å²) in [6, 6.07) is 29.5. The topological polar surface area (TPSA) is 64.6 Å². The molecule has 0 aliphatic carbocycles. The molecule has 6 nitrogen and oxygen atoms in total. The van der Waals surface area contributed by atoms with Gasteiger partial charge in [0.25, 0.3) is 0 Å². The van der Waals surface area contributed by atoms with Crippen LogP contribution in [0, 0.1) is 6.92 Å². The summed E-state index contributed by atoms with van der Waals surface area (Å²) in [4.78, 5) is 13.0. The van der Waals surface area contributed by atoms with Crippen LogP contribution >= 0.6 is 37.2 Å². The molecule has 2 N–H and O–H groups in total. The number of halogens is 3. The maximum atomic E-state index is 11.1. The summed E-state index contributed by atoms with van der Waals surface area (Å²) in [5.41, 5.74) is 5.22. The summed E-state index contributed by atoms with van der Waals surface area (Å²) in [5.74, 6) is 1.57. The van der Waals surface area contributed by atoms with Crippen molar-refractivity contribution >= 4 is 37.2 Å². The van der Waals surface area contributed by atoms with Crippen molar-refractivity contribution < 1.29 is 9.84 Å². The van der Waals surface area contributed by atoms with Gasteiger partial charge in [-0.05, 0) is 42.3 Å². The molecule has 0 saturated carbocycles. The quantitative estimate of drug-likeness (QED) is 0.259. The monoisotopic (exact) mass is 590 g/mol. The maximum absolute atomic E-state index is 11.1. The molecule has 0 spiro atoms. The number of methoxy groups -OCH3 is 1. The minimum Gasteiger partial charge on any atom is -0.497 e. The van der Waals surface area contributed by atoms with E-state index in [0.29, 0.717) is 6.54 Å². The number of piperazine rings is 1. The normalized spacial score (nSPS) is 14.6. The molecule has 2 heterocycles. The first-order valence-corrected chi connectivity index (χ1v) is 12.6. The van der Waals surface area contributed by atoms with E-state index < -0.39 is 6.10 Å². The van der Waals surface area contributed by atoms with Gasteiger partial charge >= 0.3 is 0 Å². The third kappa shape index (κ3) is 7.76. The van der Waals surface area contributed by atoms with Gasteiger partial charge in [-0.25, -0.2) is 4.98 Å². The number of β-amino-alcohol motifs (C(OH)–C–C–N with tert-alkyl or cyclic N) is 1. The molecule has 1 unspecified atom stereocenters. The van der Waals surface area contributed by atoms with Crippen LogP contribution < -0.4 is 4.74 Å². The average Bonchev–Trinajstić information content (AvgIpc) is 3.33. The van der Waals surface area contributed by atoms with E-state index in [1.165, 1.54) is 11.1 Å². The smallest absolute Gasteiger partial charge is 0.137 e. The number of aliphatic hydroxyl groups excluding tert-OH is 1. The fourth-order valence-corrected chi connectivity index (χ4v) is 5.10. The molecule has 9 heteroatoms. The van der Waals surface area contributed by atoms with Gasteiger partial charge < -0.3 is 14.8 Å². The Morgan fingerprint density at radius 3 is 1.87 bits per heavy atom. The predicted molar refractivity (Wildman–Crippen MR) is 165 cm³/mol. The van der Waals surface area contributed by atoms with Crippen molar-refractivity contribution in [3.8, 4) is 17.1 Å². The standard InChI is InChI=1S/C30H34N4O2.3ClH/c1-22-28(32-30(31-22)25-13-15-26(36-2)16-14-25)27(35)21-33-17-19-34(20-18-33)29(23-9-5-3-6-10-23)24-11-7-4-8-12-24;;;/h3-16,27,29,35H,17-21H2,1-2H3,(H,31,32);3*1H. The number of benzene rings is 3. The third-order valence-corrected chi connectivity index (χ3v) is 7.04. The number of H-pyrrole nitrogens is 1. The SMILES string of the molecule is COc1ccc(-c2nc(C(O)CN3CCN(C(c4ccccc4)c4ccccc4)CC3)c(C)[nH]2)cc1.Cl.Cl.Cl. The highest BCUT2D eigenvalue weighted by molar-refractivity contribution is 5.86. The first-order chi connectivity index (χ1) is 17.6. The van der Waals surface area contributed by atoms with Gasteiger partial charge in [0.2, 0.25) is 0 Å². The largest absolute Gasteiger partial charge is 0.497 e. The number of hydrogen-bond acceptors (Lipinski definition) is 5. The van der Waals surface area contributed by atoms with Crippen LogP contribution in [0.1, 0.15) is 34.7 Å². The van der Waals surface area contributed by atoms with Gasteiger partial charge in [0.05, 0.1) is 18.8 Å². The van der Waals surface area contributed by atoms with Crippen molar-refractivity contribution in [2.24, 2.45) is 0 Å². The predicted octanol–water partition coefficient (Wildman–Crippen LogP) is 6.10. The molecule has 0 amide bonds. The molecular formula is C30H37Cl3N4O2. The van der Waals surface area contributed by atoms with Crippen molar-refractivity contribution in [3.05, 3.63) is 107 Å². The number of nitrogens with one attached hydrogen (secondary N) is 1. The average molecular weight is 592 g/mol. The molecule has 1 atom stereocenters. The summed E-state index contributed by atoms with van der Waals surface area (Å²) >= 11 is 0. The van der Waals surface area contributed by atoms with Crippen LogP contribution in [0.4, 0.5) is 0 Å². The second-order valence-corrected chi connectivity index (χ2v) is 9.40. The van der Waals surface area contributed by atoms with E-state index in [1.807, 2.05) is 31.2 Å². The Morgan fingerprint density at radius 2 is 1.36 bits per heavy atom. The Hall–Kier alpha value is -2.58. The zero-order valence-corrected chi connectivity index (χ0v) is 24.6. The van der Waals surface area contributed by atoms with Gasteiger partial charge in [-0.15, -0.1) is 37.2 Å². The molecule has 1 aliphatic heterocycles. The van der Waals surface area contributed by atoms with Gasteiger partial charge in [-0.1, -0.05) is 60.7 Å². The number of aromatic amines is 1. The summed E-state index contributed by atoms with van der Waals surface area (Å²) in [5, 5.41) is 11.1. The van der Waals surface area contributed by atoms with Crippen molar-refractivity contribution in [2.75, 3.05) is 39.8 Å². The zero-order chi connectivity index (χ0) is 24.9. The lowest BCUT2D eigenvalue weighted by atomic mass is 9.96. The van der Waals surface area contributed by atoms with Gasteiger partial charge in [-0.3, -0.25) is 9.80 Å². The molecule has 39 heavy (non-hydrogen) atoms. The molecule has 1 fully saturated rings. The van der Waals surface area contributed by atoms with Crippen LogP contribution in [0.25, 0.3) is 11.4 Å². The molecule has 4 aromatic rings. The van der Waals surface area contributed by atoms with Gasteiger partial charge in [0.1, 0.15) is 17.7 Å². The third-order valence-electron chi connectivity index (χ3n) is 7.04. The molecule has 1 aromatic heterocycles. The lowest BCUT2D eigenvalue weighted by Gasteiger charge is -2.40. The van der Waals surface area contributed by atoms with E-state index in [1.54, 1.807) is 7.11 Å². The number of nitrogens with zero attached hydrogens (tertiary/aromatic N) is 3. The minimum absolute atomic E-state index is 0. The van der Waals surface area contributed by atoms with Crippen LogP contribution in [0.15, 0.2) is 84.9 Å². The van der Waals surface area contributed by atoms with Crippen LogP contribution in [0.2, 0.25) is 0 Å². The molecule has 1 aliphatic rings. The number of rotatable bonds is 8. The second kappa shape index (κ2) is 15.3. The number of aromatic nitrogens is 2. The van der Waals surface area contributed by atoms with Crippen molar-refractivity contribution in [1.29, 1.82) is 0 Å². The number of hydrogen-bond donors (Lipinski definition) is 2. The van der Waals surface area contributed by atoms with E-state index in [2.05, 4.69) is 75.4 Å². The Morgan fingerprint density at radius 1 is 0.821 bits per heavy atom. The second-order valence-electron chi connectivity index (χ2n) is 9.40. The number of ether oxygens (including phenoxy) is 1. The van der Waals surface area contributed by atoms with Crippen molar-refractivity contribution in [3.63, 3.8) is 0 Å². The van der Waals surface area contributed by atoms with E-state index >= 15 is 0 Å². The molecule has 0 bridgehead atoms. The maximum Gasteiger partial charge on any atom is 0.137 e. The highest BCUT2D eigenvalue weighted by Gasteiger charge is 2.28. The molecule has 3 aromatic carbocycles. The van der Waals surface area contributed by atoms with Gasteiger partial charge in [0.15, 0.2) is 0 Å². The lowest BCUT2D eigenvalue weighted by molar-refractivity contribution is 0.0606. The zero-order valence-electron chi connectivity index (χ0n) is 22.2. The summed E-state index contributed by atoms with van der Waals surface area (Å²) < 4.78 is 5.25. The first-order valence-electron chi connectivity index (χ1n) is 12.6. The Kier molecular flexibility index (Phi) is 12.8. The van der Waals surface area contributed by atoms with E-state index in [-0.39, 0.29) is 43.3 Å². The van der Waals surface area contributed by atoms with Crippen LogP contribution in [0.3, 0.4) is 0 Å². The van der Waals surface area contributed by atoms with Crippen LogP contribution in [0.5, 0.6) is 5.75 Å². The van der Waals surface area contributed by atoms with Gasteiger partial charge in [0, 0.05) is 44.0 Å². The first kappa shape index (κ1) is 32.6. The fourth-order valence-electron chi connectivity index (χ4n) is 5.10. The Labute approximate surface area is 249 Å². The number of aliphatic hydroxyl groups is 1. The van der Waals surface area contributed by atoms with E-state index in [4.69, 9.17) is 9.72 Å². The molecule has 5 rings (SSSR count). The van der Waals surface area contributed by atoms with E-state index in [0.717, 1.165) is 54.7 Å². The Bertz CT molecular complexity index is 1210. The molecule has 1 saturated heterocycles. The van der Waals surface area contributed by atoms with Crippen molar-refractivity contribution in [1.82, 2.24) is 19.8 Å². The van der Waals surface area contributed by atoms with E-state index in [9.17, 15) is 5.11 Å². The van der Waals surface area contributed by atoms with Gasteiger partial charge in [-0.2, -0.15) is 0 Å².